The van der Waals surface area contributed by atoms with Crippen LogP contribution in [0, 0.1) is 11.3 Å². The molecule has 133 heavy (non-hydrogen) atoms. The second kappa shape index (κ2) is 50.7. The number of hydrogen-bond acceptors (Lipinski definition) is 21. The van der Waals surface area contributed by atoms with Gasteiger partial charge in [-0.05, 0) is 73.8 Å². The zero-order chi connectivity index (χ0) is 97.4. The van der Waals surface area contributed by atoms with E-state index >= 15 is 28.4 Å². The Bertz CT molecular complexity index is 5100. The average Bonchev–Trinajstić information content (AvgIpc) is 1.43. The van der Waals surface area contributed by atoms with Crippen molar-refractivity contribution >= 4 is 140 Å². The van der Waals surface area contributed by atoms with Crippen molar-refractivity contribution in [2.45, 2.75) is 216 Å². The maximum atomic E-state index is 16.0. The van der Waals surface area contributed by atoms with Crippen molar-refractivity contribution in [1.29, 1.82) is 5.41 Å². The van der Waals surface area contributed by atoms with Crippen molar-refractivity contribution < 1.29 is 91.0 Å². The minimum absolute atomic E-state index is 0.00256. The Kier molecular flexibility index (Phi) is 40.0. The molecule has 44 heteroatoms. The first-order valence-corrected chi connectivity index (χ1v) is 45.4. The van der Waals surface area contributed by atoms with Gasteiger partial charge < -0.3 is 120 Å². The van der Waals surface area contributed by atoms with E-state index in [0.717, 1.165) is 36.3 Å². The van der Waals surface area contributed by atoms with Gasteiger partial charge in [0.15, 0.2) is 5.96 Å². The minimum atomic E-state index is -1.92. The zero-order valence-corrected chi connectivity index (χ0v) is 76.9. The number of alkyl halides is 1. The van der Waals surface area contributed by atoms with E-state index in [4.69, 9.17) is 22.6 Å². The number of fused-ring (bicyclic) bond motifs is 3. The number of primary amides is 2. The van der Waals surface area contributed by atoms with Gasteiger partial charge in [0.2, 0.25) is 100 Å². The monoisotopic (exact) mass is 1870 g/mol. The number of nitrogens with one attached hydrogen (secondary N) is 15. The van der Waals surface area contributed by atoms with Gasteiger partial charge in [0, 0.05) is 119 Å². The zero-order valence-electron chi connectivity index (χ0n) is 76.1. The van der Waals surface area contributed by atoms with E-state index in [1.807, 2.05) is 13.8 Å². The van der Waals surface area contributed by atoms with Crippen LogP contribution in [0.1, 0.15) is 128 Å². The summed E-state index contributed by atoms with van der Waals surface area (Å²) < 4.78 is 16.0. The predicted molar refractivity (Wildman–Crippen MR) is 490 cm³/mol. The lowest BCUT2D eigenvalue weighted by atomic mass is 10.00. The molecule has 14 atom stereocenters. The van der Waals surface area contributed by atoms with Gasteiger partial charge in [-0.3, -0.25) is 86.9 Å². The molecular formula is C89H125FN24O18S. The molecule has 6 aromatic rings. The number of nitrogens with zero attached hydrogens (tertiary/aromatic N) is 6. The van der Waals surface area contributed by atoms with Crippen LogP contribution in [0.3, 0.4) is 0 Å². The van der Waals surface area contributed by atoms with E-state index in [1.54, 1.807) is 105 Å². The molecular weight excluding hydrogens is 1740 g/mol. The van der Waals surface area contributed by atoms with Crippen LogP contribution in [0.25, 0.3) is 21.8 Å². The molecule has 2 aliphatic rings. The first-order valence-electron chi connectivity index (χ1n) is 44.2. The molecule has 0 bridgehead atoms. The molecule has 3 aromatic carbocycles. The van der Waals surface area contributed by atoms with E-state index in [-0.39, 0.29) is 75.9 Å². The Morgan fingerprint density at radius 2 is 1.08 bits per heavy atom. The van der Waals surface area contributed by atoms with Crippen LogP contribution < -0.4 is 75.7 Å². The summed E-state index contributed by atoms with van der Waals surface area (Å²) in [7, 11) is 5.15. The summed E-state index contributed by atoms with van der Waals surface area (Å²) in [6, 6.07) is 1.69. The van der Waals surface area contributed by atoms with Gasteiger partial charge in [0.25, 0.3) is 0 Å². The first-order chi connectivity index (χ1) is 63.3. The average molecular weight is 1870 g/mol. The number of likely N-dealkylation sites (N-methyl/N-ethyl adjacent to an activating group) is 4. The smallest absolute Gasteiger partial charge is 0.246 e. The lowest BCUT2D eigenvalue weighted by Gasteiger charge is -2.36. The number of halogens is 1. The van der Waals surface area contributed by atoms with Gasteiger partial charge in [-0.25, -0.2) is 9.37 Å². The highest BCUT2D eigenvalue weighted by Gasteiger charge is 2.46. The highest BCUT2D eigenvalue weighted by Crippen LogP contribution is 2.27. The maximum Gasteiger partial charge on any atom is 0.246 e. The third-order valence-electron chi connectivity index (χ3n) is 23.1. The Labute approximate surface area is 773 Å². The number of imidazole rings is 1. The quantitative estimate of drug-likeness (QED) is 0.0156. The number of guanidine groups is 1. The van der Waals surface area contributed by atoms with Crippen LogP contribution in [0.2, 0.25) is 0 Å². The summed E-state index contributed by atoms with van der Waals surface area (Å²) in [6.45, 7) is 5.03. The fourth-order valence-corrected chi connectivity index (χ4v) is 16.6. The lowest BCUT2D eigenvalue weighted by molar-refractivity contribution is -0.149. The molecule has 0 radical (unpaired) electrons. The van der Waals surface area contributed by atoms with Gasteiger partial charge in [-0.1, -0.05) is 120 Å². The van der Waals surface area contributed by atoms with Crippen LogP contribution in [-0.2, 0) is 107 Å². The number of aliphatic hydroxyl groups excluding tert-OH is 1. The van der Waals surface area contributed by atoms with Crippen LogP contribution >= 0.6 is 11.8 Å². The van der Waals surface area contributed by atoms with E-state index in [9.17, 15) is 62.6 Å². The summed E-state index contributed by atoms with van der Waals surface area (Å²) in [6.07, 6.45) is 2.65. The van der Waals surface area contributed by atoms with Crippen molar-refractivity contribution in [2.24, 2.45) is 23.1 Å². The van der Waals surface area contributed by atoms with Gasteiger partial charge in [-0.15, -0.1) is 11.8 Å². The minimum Gasteiger partial charge on any atom is -0.394 e. The Hall–Kier alpha value is -13.6. The van der Waals surface area contributed by atoms with Crippen molar-refractivity contribution in [2.75, 3.05) is 72.5 Å². The number of benzene rings is 3. The number of rotatable bonds is 26. The second-order valence-corrected chi connectivity index (χ2v) is 34.8. The second-order valence-electron chi connectivity index (χ2n) is 33.8. The Balaban J connectivity index is 1.19. The summed E-state index contributed by atoms with van der Waals surface area (Å²) >= 11 is 0.772. The van der Waals surface area contributed by atoms with Crippen molar-refractivity contribution in [3.8, 4) is 0 Å². The molecule has 2 fully saturated rings. The molecule has 0 spiro atoms. The Morgan fingerprint density at radius 3 is 1.68 bits per heavy atom. The van der Waals surface area contributed by atoms with E-state index < -0.39 is 242 Å². The number of aromatic nitrogens is 4. The molecule has 8 rings (SSSR count). The van der Waals surface area contributed by atoms with E-state index in [2.05, 4.69) is 78.4 Å². The maximum absolute atomic E-state index is 16.0. The number of amides is 17. The normalized spacial score (nSPS) is 24.0. The molecule has 2 saturated heterocycles. The summed E-state index contributed by atoms with van der Waals surface area (Å²) in [5.41, 5.74) is 19.8. The highest BCUT2D eigenvalue weighted by molar-refractivity contribution is 8.00. The largest absolute Gasteiger partial charge is 0.394 e. The van der Waals surface area contributed by atoms with E-state index in [0.29, 0.717) is 64.2 Å². The highest BCUT2D eigenvalue weighted by atomic mass is 32.2. The number of aliphatic hydroxyl groups is 1. The number of para-hydroxylation sites is 2. The van der Waals surface area contributed by atoms with Gasteiger partial charge >= 0.3 is 0 Å². The number of carbonyl (C=O) groups excluding carboxylic acids is 17. The molecule has 0 unspecified atom stereocenters. The molecule has 5 heterocycles. The number of thioether (sulfide) groups is 1. The summed E-state index contributed by atoms with van der Waals surface area (Å²) in [5.74, 6) is -18.3. The van der Waals surface area contributed by atoms with Gasteiger partial charge in [0.05, 0.1) is 44.7 Å². The number of H-pyrrole nitrogens is 3. The molecule has 42 nitrogen and oxygen atoms in total. The fraction of sp³-hybridized carbons (Fsp3) is 0.517. The standard InChI is InChI=1S/C89H125FN24O18S/c1-10-12-29-69-82(126)103-60(28-21-31-96-89(93)94)78(122)109-68(77(121)99-42-73(92)117)46-133-47-75(119)102-64(33-51-22-15-14-16-23-51)85(129)111(7)50(5)76(120)105-66(38-72(91)116)87(131)114-43-54(90)36-71(114)83(127)104-62(37-55-41-95-48-100-55)80(124)106-63(32-49(3)4)84(128)110(6)44-74(118)101-61(34-52-39-97-58-26-19-17-24-56(52)58)79(123)108-67(45-115)81(125)107-65(35-53-40-98-59-27-20-18-25-57(53)59)86(130)113(9)70(30-13-11-2)88(132)112(69)8/h14-20,22-27,39-41,48-50,54,60-71,97-98,115H,10-13,21,28-38,42-47H2,1-9H3,(H2,91,116)(H2,92,117)(H,95,100)(H,99,121)(H,101,118)(H,102,119)(H,103,126)(H,104,127)(H,105,120)(H,106,124)(H,107,125)(H,108,123)(H,109,122)(H4,93,94,96)/t50-,54+,60-,61-,62-,63-,64-,65-,66-,67-,68-,69-,70-,71-/m0/s1. The SMILES string of the molecule is CCCC[C@H]1C(=O)N(C)[C@@H](CCCC)C(=O)N[C@@H](CCCNC(=N)N)C(=O)N[C@H](C(=O)NCC(N)=O)CSCC(=O)N[C@@H](Cc2ccccc2)C(=O)N(C)[C@@H](C)C(=O)N[C@@H](CC(N)=O)C(=O)N2C[C@H](F)C[C@H]2C(=O)N[C@@H](Cc2cnc[nH]2)C(=O)N[C@@H](CC(C)C)C(=O)N(C)CC(=O)N[C@@H](Cc2c[nH]c3ccccc23)C(=O)N[C@@H](CO)C(=O)N[C@@H](Cc2c[nH]c3ccccc23)C(=O)N1C. The summed E-state index contributed by atoms with van der Waals surface area (Å²) in [5, 5.41) is 48.9. The fourth-order valence-electron chi connectivity index (χ4n) is 15.8. The Morgan fingerprint density at radius 1 is 0.549 bits per heavy atom. The van der Waals surface area contributed by atoms with Crippen LogP contribution in [-0.4, -0.2) is 313 Å². The van der Waals surface area contributed by atoms with Crippen molar-refractivity contribution in [3.63, 3.8) is 0 Å². The first kappa shape index (κ1) is 105. The topological polar surface area (TPSA) is 621 Å². The predicted octanol–water partition coefficient (Wildman–Crippen LogP) is -2.19. The van der Waals surface area contributed by atoms with Gasteiger partial charge in [-0.2, -0.15) is 0 Å². The summed E-state index contributed by atoms with van der Waals surface area (Å²) in [4.78, 5) is 266. The third-order valence-corrected chi connectivity index (χ3v) is 24.2. The van der Waals surface area contributed by atoms with Crippen molar-refractivity contribution in [3.05, 3.63) is 126 Å². The number of unbranched alkanes of at least 4 members (excludes halogenated alkanes) is 2. The molecule has 0 aliphatic carbocycles. The van der Waals surface area contributed by atoms with Crippen molar-refractivity contribution in [1.82, 2.24) is 103 Å². The lowest BCUT2D eigenvalue weighted by Crippen LogP contribution is -2.61. The third kappa shape index (κ3) is 30.5. The molecule has 722 valence electrons. The van der Waals surface area contributed by atoms with Crippen LogP contribution in [0.5, 0.6) is 0 Å². The molecule has 2 aliphatic heterocycles. The molecule has 22 N–H and O–H groups in total. The number of aromatic amines is 3. The van der Waals surface area contributed by atoms with E-state index in [1.165, 1.54) is 47.6 Å². The van der Waals surface area contributed by atoms with Crippen LogP contribution in [0.4, 0.5) is 4.39 Å². The van der Waals surface area contributed by atoms with Gasteiger partial charge in [0.1, 0.15) is 84.7 Å². The molecule has 0 saturated carbocycles. The number of carbonyl (C=O) groups is 17. The molecule has 17 amide bonds. The van der Waals surface area contributed by atoms with Crippen LogP contribution in [0.15, 0.2) is 104 Å². The number of nitrogens with two attached hydrogens (primary N) is 3. The number of hydrogen-bond donors (Lipinski definition) is 19. The molecule has 3 aromatic heterocycles.